The van der Waals surface area contributed by atoms with Crippen molar-refractivity contribution in [1.29, 1.82) is 0 Å². The molecule has 3 heterocycles. The minimum absolute atomic E-state index is 0.0779. The Morgan fingerprint density at radius 1 is 1.13 bits per heavy atom. The SMILES string of the molecule is COc1cccc(NC(=O)c2ncc(C(=O)Nc3cnccc3N3CCNCC3)o2)c1. The first-order valence-corrected chi connectivity index (χ1v) is 9.76. The van der Waals surface area contributed by atoms with Crippen LogP contribution in [-0.4, -0.2) is 55.1 Å². The molecule has 1 aliphatic rings. The Labute approximate surface area is 178 Å². The fourth-order valence-corrected chi connectivity index (χ4v) is 3.22. The van der Waals surface area contributed by atoms with Gasteiger partial charge in [0.25, 0.3) is 11.8 Å². The molecule has 31 heavy (non-hydrogen) atoms. The number of piperazine rings is 1. The van der Waals surface area contributed by atoms with Gasteiger partial charge in [0.2, 0.25) is 5.76 Å². The van der Waals surface area contributed by atoms with Gasteiger partial charge in [-0.3, -0.25) is 14.6 Å². The van der Waals surface area contributed by atoms with Gasteiger partial charge >= 0.3 is 5.91 Å². The minimum atomic E-state index is -0.574. The van der Waals surface area contributed by atoms with Crippen LogP contribution in [0.1, 0.15) is 21.2 Å². The number of pyridine rings is 1. The minimum Gasteiger partial charge on any atom is -0.497 e. The molecule has 0 spiro atoms. The van der Waals surface area contributed by atoms with E-state index in [9.17, 15) is 9.59 Å². The lowest BCUT2D eigenvalue weighted by atomic mass is 10.2. The number of anilines is 3. The summed E-state index contributed by atoms with van der Waals surface area (Å²) in [7, 11) is 1.54. The number of ether oxygens (including phenoxy) is 1. The van der Waals surface area contributed by atoms with Crippen molar-refractivity contribution in [3.05, 3.63) is 60.6 Å². The molecule has 3 N–H and O–H groups in total. The highest BCUT2D eigenvalue weighted by atomic mass is 16.5. The number of carbonyl (C=O) groups excluding carboxylic acids is 2. The Bertz CT molecular complexity index is 1080. The molecule has 0 bridgehead atoms. The zero-order valence-electron chi connectivity index (χ0n) is 16.9. The molecule has 10 nitrogen and oxygen atoms in total. The lowest BCUT2D eigenvalue weighted by molar-refractivity contribution is 0.0970. The molecule has 2 aromatic heterocycles. The lowest BCUT2D eigenvalue weighted by Crippen LogP contribution is -2.43. The molecule has 0 radical (unpaired) electrons. The first-order chi connectivity index (χ1) is 15.1. The molecule has 1 aromatic carbocycles. The van der Waals surface area contributed by atoms with Crippen LogP contribution in [0.3, 0.4) is 0 Å². The van der Waals surface area contributed by atoms with Gasteiger partial charge < -0.3 is 30.0 Å². The quantitative estimate of drug-likeness (QED) is 0.551. The third kappa shape index (κ3) is 4.81. The molecule has 1 saturated heterocycles. The second kappa shape index (κ2) is 9.26. The van der Waals surface area contributed by atoms with Crippen LogP contribution in [0.2, 0.25) is 0 Å². The van der Waals surface area contributed by atoms with Gasteiger partial charge in [-0.15, -0.1) is 0 Å². The highest BCUT2D eigenvalue weighted by molar-refractivity contribution is 6.05. The van der Waals surface area contributed by atoms with Crippen molar-refractivity contribution in [2.24, 2.45) is 0 Å². The zero-order valence-corrected chi connectivity index (χ0v) is 16.9. The zero-order chi connectivity index (χ0) is 21.6. The van der Waals surface area contributed by atoms with Crippen molar-refractivity contribution >= 4 is 28.9 Å². The Morgan fingerprint density at radius 2 is 1.97 bits per heavy atom. The predicted molar refractivity (Wildman–Crippen MR) is 115 cm³/mol. The van der Waals surface area contributed by atoms with E-state index in [-0.39, 0.29) is 11.7 Å². The van der Waals surface area contributed by atoms with Crippen LogP contribution >= 0.6 is 0 Å². The van der Waals surface area contributed by atoms with Crippen molar-refractivity contribution in [2.45, 2.75) is 0 Å². The molecule has 0 saturated carbocycles. The number of rotatable bonds is 6. The fraction of sp³-hybridized carbons (Fsp3) is 0.238. The van der Waals surface area contributed by atoms with Crippen molar-refractivity contribution in [3.8, 4) is 5.75 Å². The van der Waals surface area contributed by atoms with E-state index >= 15 is 0 Å². The number of hydrogen-bond acceptors (Lipinski definition) is 8. The van der Waals surface area contributed by atoms with E-state index in [1.807, 2.05) is 6.07 Å². The van der Waals surface area contributed by atoms with E-state index < -0.39 is 11.8 Å². The van der Waals surface area contributed by atoms with Gasteiger partial charge in [0, 0.05) is 44.1 Å². The average molecular weight is 422 g/mol. The van der Waals surface area contributed by atoms with Crippen molar-refractivity contribution in [1.82, 2.24) is 15.3 Å². The Balaban J connectivity index is 1.44. The molecule has 10 heteroatoms. The molecule has 3 aromatic rings. The maximum atomic E-state index is 12.7. The number of carbonyl (C=O) groups is 2. The highest BCUT2D eigenvalue weighted by Gasteiger charge is 2.20. The van der Waals surface area contributed by atoms with Crippen molar-refractivity contribution in [2.75, 3.05) is 48.8 Å². The Morgan fingerprint density at radius 3 is 2.77 bits per heavy atom. The molecule has 0 unspecified atom stereocenters. The van der Waals surface area contributed by atoms with Gasteiger partial charge in [0.1, 0.15) is 5.75 Å². The smallest absolute Gasteiger partial charge is 0.311 e. The number of hydrogen-bond donors (Lipinski definition) is 3. The molecule has 1 fully saturated rings. The molecular formula is C21H22N6O4. The summed E-state index contributed by atoms with van der Waals surface area (Å²) in [6, 6.07) is 8.73. The second-order valence-electron chi connectivity index (χ2n) is 6.80. The van der Waals surface area contributed by atoms with Gasteiger partial charge in [0.05, 0.1) is 30.9 Å². The topological polar surface area (TPSA) is 122 Å². The number of benzene rings is 1. The van der Waals surface area contributed by atoms with E-state index in [2.05, 4.69) is 30.8 Å². The van der Waals surface area contributed by atoms with Crippen LogP contribution in [0.4, 0.5) is 17.1 Å². The number of methoxy groups -OCH3 is 1. The van der Waals surface area contributed by atoms with Gasteiger partial charge in [-0.1, -0.05) is 6.07 Å². The van der Waals surface area contributed by atoms with E-state index in [0.717, 1.165) is 31.9 Å². The van der Waals surface area contributed by atoms with E-state index in [1.165, 1.54) is 13.3 Å². The lowest BCUT2D eigenvalue weighted by Gasteiger charge is -2.30. The molecule has 2 amide bonds. The molecule has 0 atom stereocenters. The summed E-state index contributed by atoms with van der Waals surface area (Å²) < 4.78 is 10.5. The first-order valence-electron chi connectivity index (χ1n) is 9.76. The molecule has 1 aliphatic heterocycles. The van der Waals surface area contributed by atoms with Crippen molar-refractivity contribution in [3.63, 3.8) is 0 Å². The molecule has 4 rings (SSSR count). The highest BCUT2D eigenvalue weighted by Crippen LogP contribution is 2.25. The fourth-order valence-electron chi connectivity index (χ4n) is 3.22. The van der Waals surface area contributed by atoms with Crippen LogP contribution in [0.25, 0.3) is 0 Å². The van der Waals surface area contributed by atoms with Crippen LogP contribution in [0.15, 0.2) is 53.3 Å². The monoisotopic (exact) mass is 422 g/mol. The Hall–Kier alpha value is -3.92. The number of nitrogens with one attached hydrogen (secondary N) is 3. The predicted octanol–water partition coefficient (Wildman–Crippen LogP) is 1.99. The summed E-state index contributed by atoms with van der Waals surface area (Å²) in [5.74, 6) is -0.790. The maximum absolute atomic E-state index is 12.7. The number of aromatic nitrogens is 2. The number of oxazole rings is 1. The van der Waals surface area contributed by atoms with Crippen LogP contribution in [0.5, 0.6) is 5.75 Å². The van der Waals surface area contributed by atoms with Crippen LogP contribution in [-0.2, 0) is 0 Å². The van der Waals surface area contributed by atoms with Gasteiger partial charge in [-0.2, -0.15) is 0 Å². The van der Waals surface area contributed by atoms with Gasteiger partial charge in [-0.05, 0) is 18.2 Å². The third-order valence-corrected chi connectivity index (χ3v) is 4.76. The first kappa shape index (κ1) is 20.4. The normalized spacial score (nSPS) is 13.5. The van der Waals surface area contributed by atoms with Crippen molar-refractivity contribution < 1.29 is 18.7 Å². The van der Waals surface area contributed by atoms with Crippen LogP contribution < -0.4 is 25.6 Å². The maximum Gasteiger partial charge on any atom is 0.311 e. The van der Waals surface area contributed by atoms with E-state index in [4.69, 9.17) is 9.15 Å². The Kier molecular flexibility index (Phi) is 6.08. The average Bonchev–Trinajstić information content (AvgIpc) is 3.31. The third-order valence-electron chi connectivity index (χ3n) is 4.76. The summed E-state index contributed by atoms with van der Waals surface area (Å²) >= 11 is 0. The largest absolute Gasteiger partial charge is 0.497 e. The molecule has 160 valence electrons. The summed E-state index contributed by atoms with van der Waals surface area (Å²) in [5.41, 5.74) is 1.96. The van der Waals surface area contributed by atoms with Gasteiger partial charge in [-0.25, -0.2) is 4.98 Å². The second-order valence-corrected chi connectivity index (χ2v) is 6.80. The van der Waals surface area contributed by atoms with E-state index in [1.54, 1.807) is 36.7 Å². The summed E-state index contributed by atoms with van der Waals surface area (Å²) in [5, 5.41) is 8.75. The summed E-state index contributed by atoms with van der Waals surface area (Å²) in [4.78, 5) is 35.3. The number of amides is 2. The standard InChI is InChI=1S/C21H22N6O4/c1-30-15-4-2-3-14(11-15)25-20(29)21-24-13-18(31-21)19(28)26-16-12-23-6-5-17(16)27-9-7-22-8-10-27/h2-6,11-13,22H,7-10H2,1H3,(H,25,29)(H,26,28). The molecule has 0 aliphatic carbocycles. The summed E-state index contributed by atoms with van der Waals surface area (Å²) in [6.07, 6.45) is 4.49. The van der Waals surface area contributed by atoms with Crippen LogP contribution in [0, 0.1) is 0 Å². The number of nitrogens with zero attached hydrogens (tertiary/aromatic N) is 3. The molecular weight excluding hydrogens is 400 g/mol. The van der Waals surface area contributed by atoms with Gasteiger partial charge in [0.15, 0.2) is 0 Å². The summed E-state index contributed by atoms with van der Waals surface area (Å²) in [6.45, 7) is 3.38. The van der Waals surface area contributed by atoms with E-state index in [0.29, 0.717) is 17.1 Å².